The van der Waals surface area contributed by atoms with Crippen molar-refractivity contribution in [2.45, 2.75) is 19.8 Å². The number of halogens is 1. The molecule has 6 nitrogen and oxygen atoms in total. The summed E-state index contributed by atoms with van der Waals surface area (Å²) in [5, 5.41) is 11.3. The third kappa shape index (κ3) is 3.76. The first-order valence-corrected chi connectivity index (χ1v) is 7.98. The van der Waals surface area contributed by atoms with Crippen LogP contribution in [0.5, 0.6) is 0 Å². The van der Waals surface area contributed by atoms with Gasteiger partial charge in [-0.2, -0.15) is 0 Å². The Bertz CT molecular complexity index is 691. The molecule has 0 aliphatic carbocycles. The van der Waals surface area contributed by atoms with Gasteiger partial charge in [0.25, 0.3) is 0 Å². The zero-order valence-corrected chi connectivity index (χ0v) is 13.6. The second-order valence-electron chi connectivity index (χ2n) is 5.66. The van der Waals surface area contributed by atoms with Crippen LogP contribution in [0.2, 0.25) is 5.15 Å². The second-order valence-corrected chi connectivity index (χ2v) is 6.04. The molecule has 1 fully saturated rings. The van der Waals surface area contributed by atoms with Gasteiger partial charge in [0.2, 0.25) is 5.91 Å². The van der Waals surface area contributed by atoms with Gasteiger partial charge in [-0.05, 0) is 43.5 Å². The van der Waals surface area contributed by atoms with Gasteiger partial charge in [0, 0.05) is 19.3 Å². The van der Waals surface area contributed by atoms with Crippen molar-refractivity contribution in [3.63, 3.8) is 0 Å². The summed E-state index contributed by atoms with van der Waals surface area (Å²) in [5.74, 6) is 1.28. The molecule has 1 aliphatic rings. The van der Waals surface area contributed by atoms with Crippen LogP contribution in [0.4, 0.5) is 11.6 Å². The van der Waals surface area contributed by atoms with E-state index in [2.05, 4.69) is 25.4 Å². The van der Waals surface area contributed by atoms with Crippen LogP contribution in [-0.4, -0.2) is 34.2 Å². The van der Waals surface area contributed by atoms with Gasteiger partial charge >= 0.3 is 0 Å². The molecule has 7 heteroatoms. The quantitative estimate of drug-likeness (QED) is 0.936. The summed E-state index contributed by atoms with van der Waals surface area (Å²) in [7, 11) is 0. The lowest BCUT2D eigenvalue weighted by Gasteiger charge is -2.32. The predicted molar refractivity (Wildman–Crippen MR) is 89.6 cm³/mol. The van der Waals surface area contributed by atoms with E-state index < -0.39 is 0 Å². The summed E-state index contributed by atoms with van der Waals surface area (Å²) in [6.07, 6.45) is 3.47. The second kappa shape index (κ2) is 6.91. The van der Waals surface area contributed by atoms with E-state index in [1.807, 2.05) is 25.1 Å². The average molecular weight is 332 g/mol. The number of aromatic nitrogens is 3. The van der Waals surface area contributed by atoms with Crippen molar-refractivity contribution in [1.82, 2.24) is 15.2 Å². The number of anilines is 2. The molecule has 0 bridgehead atoms. The number of hydrogen-bond donors (Lipinski definition) is 1. The third-order valence-electron chi connectivity index (χ3n) is 3.99. The fourth-order valence-corrected chi connectivity index (χ4v) is 2.81. The summed E-state index contributed by atoms with van der Waals surface area (Å²) in [5.41, 5.74) is 0.956. The van der Waals surface area contributed by atoms with Crippen molar-refractivity contribution >= 4 is 29.1 Å². The van der Waals surface area contributed by atoms with Gasteiger partial charge in [0.05, 0.1) is 5.92 Å². The van der Waals surface area contributed by atoms with Gasteiger partial charge in [-0.15, -0.1) is 10.2 Å². The maximum absolute atomic E-state index is 12.5. The van der Waals surface area contributed by atoms with Gasteiger partial charge in [-0.25, -0.2) is 4.98 Å². The standard InChI is InChI=1S/C16H18ClN5O/c1-11-4-2-8-18-15(11)19-16(23)12-5-3-9-22(10-12)14-7-6-13(17)20-21-14/h2,4,6-8,12H,3,5,9-10H2,1H3,(H,18,19,23). The largest absolute Gasteiger partial charge is 0.354 e. The number of carbonyl (C=O) groups is 1. The van der Waals surface area contributed by atoms with Gasteiger partial charge in [-0.3, -0.25) is 4.79 Å². The van der Waals surface area contributed by atoms with E-state index in [0.29, 0.717) is 17.5 Å². The molecule has 0 radical (unpaired) electrons. The molecule has 3 rings (SSSR count). The molecule has 1 N–H and O–H groups in total. The number of aryl methyl sites for hydroxylation is 1. The molecule has 0 spiro atoms. The Morgan fingerprint density at radius 2 is 2.22 bits per heavy atom. The third-order valence-corrected chi connectivity index (χ3v) is 4.19. The molecule has 2 aromatic heterocycles. The van der Waals surface area contributed by atoms with E-state index in [1.54, 1.807) is 12.3 Å². The van der Waals surface area contributed by atoms with E-state index in [4.69, 9.17) is 11.6 Å². The lowest BCUT2D eigenvalue weighted by atomic mass is 9.97. The molecule has 1 atom stereocenters. The monoisotopic (exact) mass is 331 g/mol. The van der Waals surface area contributed by atoms with Crippen LogP contribution in [0.15, 0.2) is 30.5 Å². The number of rotatable bonds is 3. The molecule has 0 saturated carbocycles. The Kier molecular flexibility index (Phi) is 4.71. The minimum atomic E-state index is -0.0948. The van der Waals surface area contributed by atoms with Crippen LogP contribution >= 0.6 is 11.6 Å². The molecule has 1 unspecified atom stereocenters. The highest BCUT2D eigenvalue weighted by Crippen LogP contribution is 2.23. The predicted octanol–water partition coefficient (Wildman–Crippen LogP) is 2.69. The van der Waals surface area contributed by atoms with Crippen LogP contribution in [0.3, 0.4) is 0 Å². The zero-order valence-electron chi connectivity index (χ0n) is 12.9. The highest BCUT2D eigenvalue weighted by molar-refractivity contribution is 6.29. The van der Waals surface area contributed by atoms with Gasteiger partial charge in [0.1, 0.15) is 5.82 Å². The summed E-state index contributed by atoms with van der Waals surface area (Å²) < 4.78 is 0. The molecular formula is C16H18ClN5O. The van der Waals surface area contributed by atoms with Gasteiger partial charge in [-0.1, -0.05) is 17.7 Å². The molecule has 3 heterocycles. The Morgan fingerprint density at radius 3 is 2.96 bits per heavy atom. The van der Waals surface area contributed by atoms with E-state index in [1.165, 1.54) is 0 Å². The highest BCUT2D eigenvalue weighted by atomic mass is 35.5. The summed E-state index contributed by atoms with van der Waals surface area (Å²) in [6, 6.07) is 7.33. The SMILES string of the molecule is Cc1cccnc1NC(=O)C1CCCN(c2ccc(Cl)nn2)C1. The van der Waals surface area contributed by atoms with Crippen LogP contribution in [0, 0.1) is 12.8 Å². The minimum absolute atomic E-state index is 0.00146. The van der Waals surface area contributed by atoms with Crippen LogP contribution in [0.1, 0.15) is 18.4 Å². The van der Waals surface area contributed by atoms with Crippen LogP contribution in [-0.2, 0) is 4.79 Å². The van der Waals surface area contributed by atoms with E-state index in [-0.39, 0.29) is 11.8 Å². The molecule has 2 aromatic rings. The van der Waals surface area contributed by atoms with Crippen molar-refractivity contribution in [2.24, 2.45) is 5.92 Å². The number of nitrogens with zero attached hydrogens (tertiary/aromatic N) is 4. The zero-order chi connectivity index (χ0) is 16.2. The smallest absolute Gasteiger partial charge is 0.230 e. The number of piperidine rings is 1. The summed E-state index contributed by atoms with van der Waals surface area (Å²) >= 11 is 5.77. The lowest BCUT2D eigenvalue weighted by molar-refractivity contribution is -0.120. The van der Waals surface area contributed by atoms with Crippen molar-refractivity contribution in [3.8, 4) is 0 Å². The summed E-state index contributed by atoms with van der Waals surface area (Å²) in [6.45, 7) is 3.41. The Morgan fingerprint density at radius 1 is 1.35 bits per heavy atom. The maximum atomic E-state index is 12.5. The molecule has 23 heavy (non-hydrogen) atoms. The Labute approximate surface area is 139 Å². The highest BCUT2D eigenvalue weighted by Gasteiger charge is 2.27. The number of pyridine rings is 1. The van der Waals surface area contributed by atoms with Gasteiger partial charge in [0.15, 0.2) is 11.0 Å². The first-order valence-electron chi connectivity index (χ1n) is 7.60. The van der Waals surface area contributed by atoms with Crippen LogP contribution in [0.25, 0.3) is 0 Å². The van der Waals surface area contributed by atoms with Gasteiger partial charge < -0.3 is 10.2 Å². The number of nitrogens with one attached hydrogen (secondary N) is 1. The number of hydrogen-bond acceptors (Lipinski definition) is 5. The van der Waals surface area contributed by atoms with E-state index in [0.717, 1.165) is 30.8 Å². The number of amides is 1. The normalized spacial score (nSPS) is 17.8. The molecule has 1 aliphatic heterocycles. The first-order chi connectivity index (χ1) is 11.1. The van der Waals surface area contributed by atoms with Crippen molar-refractivity contribution < 1.29 is 4.79 Å². The van der Waals surface area contributed by atoms with Crippen LogP contribution < -0.4 is 10.2 Å². The van der Waals surface area contributed by atoms with E-state index in [9.17, 15) is 4.79 Å². The molecule has 1 saturated heterocycles. The number of carbonyl (C=O) groups excluding carboxylic acids is 1. The Balaban J connectivity index is 1.67. The topological polar surface area (TPSA) is 71.0 Å². The molecule has 1 amide bonds. The lowest BCUT2D eigenvalue weighted by Crippen LogP contribution is -2.41. The van der Waals surface area contributed by atoms with Crippen molar-refractivity contribution in [1.29, 1.82) is 0 Å². The van der Waals surface area contributed by atoms with Crippen molar-refractivity contribution in [3.05, 3.63) is 41.2 Å². The molecule has 0 aromatic carbocycles. The average Bonchev–Trinajstić information content (AvgIpc) is 2.58. The first kappa shape index (κ1) is 15.7. The minimum Gasteiger partial charge on any atom is -0.354 e. The molecule has 120 valence electrons. The fourth-order valence-electron chi connectivity index (χ4n) is 2.71. The fraction of sp³-hybridized carbons (Fsp3) is 0.375. The Hall–Kier alpha value is -2.21. The summed E-state index contributed by atoms with van der Waals surface area (Å²) in [4.78, 5) is 18.8. The maximum Gasteiger partial charge on any atom is 0.230 e. The van der Waals surface area contributed by atoms with E-state index >= 15 is 0 Å². The molecular weight excluding hydrogens is 314 g/mol. The van der Waals surface area contributed by atoms with Crippen molar-refractivity contribution in [2.75, 3.05) is 23.3 Å².